The number of benzene rings is 1. The Balaban J connectivity index is 1.80. The van der Waals surface area contributed by atoms with E-state index in [0.717, 1.165) is 62.1 Å². The summed E-state index contributed by atoms with van der Waals surface area (Å²) >= 11 is 6.35. The minimum Gasteiger partial charge on any atom is -0.487 e. The molecule has 0 aliphatic carbocycles. The molecule has 7 heteroatoms. The molecule has 176 valence electrons. The molecule has 0 radical (unpaired) electrons. The highest BCUT2D eigenvalue weighted by molar-refractivity contribution is 6.43. The Kier molecular flexibility index (Phi) is 8.23. The van der Waals surface area contributed by atoms with Crippen molar-refractivity contribution in [3.63, 3.8) is 0 Å². The molecule has 1 unspecified atom stereocenters. The van der Waals surface area contributed by atoms with E-state index in [-0.39, 0.29) is 24.2 Å². The fourth-order valence-corrected chi connectivity index (χ4v) is 4.12. The Morgan fingerprint density at radius 2 is 2.00 bits per heavy atom. The first kappa shape index (κ1) is 24.6. The summed E-state index contributed by atoms with van der Waals surface area (Å²) in [6.45, 7) is 10.6. The highest BCUT2D eigenvalue weighted by Gasteiger charge is 2.24. The van der Waals surface area contributed by atoms with Gasteiger partial charge in [0.1, 0.15) is 24.3 Å². The molecular formula is C25H36ClN3O3. The Labute approximate surface area is 196 Å². The molecule has 2 N–H and O–H groups in total. The molecule has 2 fully saturated rings. The topological polar surface area (TPSA) is 77.1 Å². The molecule has 32 heavy (non-hydrogen) atoms. The maximum atomic E-state index is 13.1. The summed E-state index contributed by atoms with van der Waals surface area (Å²) in [4.78, 5) is 19.6. The van der Waals surface area contributed by atoms with E-state index in [1.54, 1.807) is 6.08 Å². The van der Waals surface area contributed by atoms with Gasteiger partial charge in [-0.1, -0.05) is 32.4 Å². The fourth-order valence-electron chi connectivity index (χ4n) is 3.96. The fraction of sp³-hybridized carbons (Fsp3) is 0.600. The first-order valence-electron chi connectivity index (χ1n) is 11.5. The number of nitrogens with two attached hydrogens (primary N) is 1. The lowest BCUT2D eigenvalue weighted by molar-refractivity contribution is -0.123. The molecule has 2 aliphatic heterocycles. The van der Waals surface area contributed by atoms with Crippen LogP contribution in [-0.4, -0.2) is 49.0 Å². The molecule has 3 rings (SSSR count). The highest BCUT2D eigenvalue weighted by atomic mass is 35.5. The molecule has 0 bridgehead atoms. The monoisotopic (exact) mass is 461 g/mol. The summed E-state index contributed by atoms with van der Waals surface area (Å²) in [5, 5.41) is 0.712. The predicted molar refractivity (Wildman–Crippen MR) is 129 cm³/mol. The van der Waals surface area contributed by atoms with Crippen molar-refractivity contribution >= 4 is 23.2 Å². The van der Waals surface area contributed by atoms with Gasteiger partial charge in [-0.15, -0.1) is 0 Å². The number of halogens is 1. The Hall–Kier alpha value is -2.05. The number of ether oxygens (including phenoxy) is 2. The van der Waals surface area contributed by atoms with Crippen LogP contribution >= 0.6 is 11.6 Å². The lowest BCUT2D eigenvalue weighted by atomic mass is 9.86. The Morgan fingerprint density at radius 3 is 2.62 bits per heavy atom. The zero-order chi connectivity index (χ0) is 23.3. The summed E-state index contributed by atoms with van der Waals surface area (Å²) in [7, 11) is 0. The van der Waals surface area contributed by atoms with Gasteiger partial charge < -0.3 is 20.1 Å². The van der Waals surface area contributed by atoms with Crippen molar-refractivity contribution in [2.45, 2.75) is 71.4 Å². The van der Waals surface area contributed by atoms with Gasteiger partial charge in [0.2, 0.25) is 0 Å². The summed E-state index contributed by atoms with van der Waals surface area (Å²) < 4.78 is 11.8. The number of likely N-dealkylation sites (tertiary alicyclic amines) is 1. The van der Waals surface area contributed by atoms with Crippen molar-refractivity contribution in [3.05, 3.63) is 40.1 Å². The van der Waals surface area contributed by atoms with Crippen LogP contribution < -0.4 is 10.5 Å². The SMILES string of the molecule is Cc1cc(OC/C(N)=C/C(=N/C2CCCCO2)C(=O)N2CCCC2)c(C(C)(C)C)cc1Cl. The first-order chi connectivity index (χ1) is 15.1. The molecule has 1 aromatic rings. The van der Waals surface area contributed by atoms with E-state index in [0.29, 0.717) is 23.0 Å². The largest absolute Gasteiger partial charge is 0.487 e. The Bertz CT molecular complexity index is 877. The number of hydrogen-bond acceptors (Lipinski definition) is 5. The maximum absolute atomic E-state index is 13.1. The molecular weight excluding hydrogens is 426 g/mol. The van der Waals surface area contributed by atoms with Crippen LogP contribution in [0.4, 0.5) is 0 Å². The van der Waals surface area contributed by atoms with Crippen molar-refractivity contribution in [3.8, 4) is 5.75 Å². The third-order valence-electron chi connectivity index (χ3n) is 5.84. The molecule has 2 aliphatic rings. The van der Waals surface area contributed by atoms with Gasteiger partial charge in [0.05, 0.1) is 0 Å². The lowest BCUT2D eigenvalue weighted by Crippen LogP contribution is -2.35. The number of carbonyl (C=O) groups is 1. The highest BCUT2D eigenvalue weighted by Crippen LogP contribution is 2.35. The van der Waals surface area contributed by atoms with Gasteiger partial charge in [-0.05, 0) is 68.2 Å². The van der Waals surface area contributed by atoms with Crippen LogP contribution in [0.25, 0.3) is 0 Å². The number of hydrogen-bond donors (Lipinski definition) is 1. The van der Waals surface area contributed by atoms with Gasteiger partial charge in [-0.2, -0.15) is 0 Å². The number of aryl methyl sites for hydroxylation is 1. The van der Waals surface area contributed by atoms with Crippen LogP contribution in [0.2, 0.25) is 5.02 Å². The van der Waals surface area contributed by atoms with Crippen molar-refractivity contribution in [1.82, 2.24) is 4.90 Å². The molecule has 1 atom stereocenters. The summed E-state index contributed by atoms with van der Waals surface area (Å²) in [5.74, 6) is 0.660. The second-order valence-electron chi connectivity index (χ2n) is 9.69. The minimum absolute atomic E-state index is 0.0858. The average Bonchev–Trinajstić information content (AvgIpc) is 3.28. The predicted octanol–water partition coefficient (Wildman–Crippen LogP) is 4.76. The number of aliphatic imine (C=N–C) groups is 1. The number of carbonyl (C=O) groups excluding carboxylic acids is 1. The van der Waals surface area contributed by atoms with E-state index in [1.165, 1.54) is 0 Å². The van der Waals surface area contributed by atoms with Crippen LogP contribution in [0.15, 0.2) is 28.9 Å². The van der Waals surface area contributed by atoms with E-state index in [9.17, 15) is 4.79 Å². The lowest BCUT2D eigenvalue weighted by Gasteiger charge is -2.24. The molecule has 1 amide bonds. The maximum Gasteiger partial charge on any atom is 0.272 e. The summed E-state index contributed by atoms with van der Waals surface area (Å²) in [5.41, 5.74) is 8.92. The smallest absolute Gasteiger partial charge is 0.272 e. The minimum atomic E-state index is -0.290. The van der Waals surface area contributed by atoms with E-state index in [2.05, 4.69) is 25.8 Å². The van der Waals surface area contributed by atoms with E-state index >= 15 is 0 Å². The van der Waals surface area contributed by atoms with Crippen LogP contribution in [0, 0.1) is 6.92 Å². The molecule has 0 spiro atoms. The van der Waals surface area contributed by atoms with E-state index in [4.69, 9.17) is 26.8 Å². The van der Waals surface area contributed by atoms with Crippen LogP contribution in [-0.2, 0) is 14.9 Å². The average molecular weight is 462 g/mol. The molecule has 0 aromatic heterocycles. The zero-order valence-corrected chi connectivity index (χ0v) is 20.5. The third-order valence-corrected chi connectivity index (χ3v) is 6.24. The van der Waals surface area contributed by atoms with Gasteiger partial charge in [-0.3, -0.25) is 4.79 Å². The van der Waals surface area contributed by atoms with E-state index in [1.807, 2.05) is 24.0 Å². The van der Waals surface area contributed by atoms with Gasteiger partial charge in [0.25, 0.3) is 5.91 Å². The second kappa shape index (κ2) is 10.7. The number of nitrogens with zero attached hydrogens (tertiary/aromatic N) is 2. The number of rotatable bonds is 6. The van der Waals surface area contributed by atoms with Crippen molar-refractivity contribution in [1.29, 1.82) is 0 Å². The zero-order valence-electron chi connectivity index (χ0n) is 19.7. The Morgan fingerprint density at radius 1 is 1.28 bits per heavy atom. The van der Waals surface area contributed by atoms with Gasteiger partial charge >= 0.3 is 0 Å². The summed E-state index contributed by atoms with van der Waals surface area (Å²) in [6, 6.07) is 3.90. The quantitative estimate of drug-likeness (QED) is 0.619. The summed E-state index contributed by atoms with van der Waals surface area (Å²) in [6.07, 6.45) is 6.30. The van der Waals surface area contributed by atoms with Gasteiger partial charge in [0.15, 0.2) is 0 Å². The second-order valence-corrected chi connectivity index (χ2v) is 10.1. The molecule has 6 nitrogen and oxygen atoms in total. The molecule has 0 saturated carbocycles. The van der Waals surface area contributed by atoms with Crippen molar-refractivity contribution < 1.29 is 14.3 Å². The van der Waals surface area contributed by atoms with Crippen molar-refractivity contribution in [2.75, 3.05) is 26.3 Å². The van der Waals surface area contributed by atoms with Gasteiger partial charge in [-0.25, -0.2) is 4.99 Å². The molecule has 1 aromatic carbocycles. The van der Waals surface area contributed by atoms with E-state index < -0.39 is 0 Å². The molecule has 2 saturated heterocycles. The van der Waals surface area contributed by atoms with Gasteiger partial charge in [0, 0.05) is 36.0 Å². The van der Waals surface area contributed by atoms with Crippen LogP contribution in [0.5, 0.6) is 5.75 Å². The van der Waals surface area contributed by atoms with Crippen molar-refractivity contribution in [2.24, 2.45) is 10.7 Å². The van der Waals surface area contributed by atoms with Crippen LogP contribution in [0.3, 0.4) is 0 Å². The first-order valence-corrected chi connectivity index (χ1v) is 11.9. The standard InChI is InChI=1S/C25H36ClN3O3/c1-17-13-22(19(15-20(17)26)25(2,3)4)32-16-18(27)14-21(24(30)29-10-6-7-11-29)28-23-9-5-8-12-31-23/h13-15,23H,5-12,16,27H2,1-4H3/b18-14-,28-21-. The normalized spacial score (nSPS) is 20.5. The molecule has 2 heterocycles. The number of amides is 1. The third kappa shape index (κ3) is 6.48. The van der Waals surface area contributed by atoms with Crippen LogP contribution in [0.1, 0.15) is 64.0 Å².